The number of carbonyl (C=O) groups is 2. The molecule has 0 aliphatic carbocycles. The van der Waals surface area contributed by atoms with Gasteiger partial charge in [-0.15, -0.1) is 0 Å². The highest BCUT2D eigenvalue weighted by molar-refractivity contribution is 5.98. The van der Waals surface area contributed by atoms with Gasteiger partial charge < -0.3 is 24.4 Å². The van der Waals surface area contributed by atoms with Gasteiger partial charge in [0.2, 0.25) is 5.91 Å². The first-order valence-corrected chi connectivity index (χ1v) is 11.6. The summed E-state index contributed by atoms with van der Waals surface area (Å²) in [5.41, 5.74) is 3.31. The Hall–Kier alpha value is -4.00. The molecular formula is C28H30N2O5. The Labute approximate surface area is 205 Å². The van der Waals surface area contributed by atoms with Crippen LogP contribution < -0.4 is 19.5 Å². The Morgan fingerprint density at radius 1 is 0.971 bits per heavy atom. The molecule has 35 heavy (non-hydrogen) atoms. The highest BCUT2D eigenvalue weighted by Gasteiger charge is 2.34. The first-order chi connectivity index (χ1) is 17.0. The Morgan fingerprint density at radius 3 is 2.46 bits per heavy atom. The highest BCUT2D eigenvalue weighted by atomic mass is 16.5. The molecule has 1 atom stereocenters. The van der Waals surface area contributed by atoms with E-state index in [1.807, 2.05) is 73.7 Å². The fourth-order valence-electron chi connectivity index (χ4n) is 4.39. The van der Waals surface area contributed by atoms with Crippen molar-refractivity contribution >= 4 is 11.8 Å². The molecule has 4 rings (SSSR count). The molecule has 0 bridgehead atoms. The van der Waals surface area contributed by atoms with Gasteiger partial charge in [0.15, 0.2) is 11.5 Å². The maximum Gasteiger partial charge on any atom is 0.255 e. The van der Waals surface area contributed by atoms with Gasteiger partial charge in [0.1, 0.15) is 5.75 Å². The Morgan fingerprint density at radius 2 is 1.71 bits per heavy atom. The van der Waals surface area contributed by atoms with E-state index < -0.39 is 6.04 Å². The lowest BCUT2D eigenvalue weighted by Gasteiger charge is -2.28. The van der Waals surface area contributed by atoms with Crippen molar-refractivity contribution in [2.45, 2.75) is 32.5 Å². The first-order valence-electron chi connectivity index (χ1n) is 11.6. The molecule has 1 aliphatic rings. The van der Waals surface area contributed by atoms with Crippen molar-refractivity contribution in [3.63, 3.8) is 0 Å². The summed E-state index contributed by atoms with van der Waals surface area (Å²) < 4.78 is 16.6. The van der Waals surface area contributed by atoms with Gasteiger partial charge in [-0.2, -0.15) is 0 Å². The summed E-state index contributed by atoms with van der Waals surface area (Å²) in [7, 11) is 3.18. The van der Waals surface area contributed by atoms with Gasteiger partial charge in [0.05, 0.1) is 33.3 Å². The summed E-state index contributed by atoms with van der Waals surface area (Å²) >= 11 is 0. The molecule has 0 radical (unpaired) electrons. The monoisotopic (exact) mass is 474 g/mol. The molecule has 0 spiro atoms. The molecule has 3 aromatic rings. The second-order valence-electron chi connectivity index (χ2n) is 8.24. The summed E-state index contributed by atoms with van der Waals surface area (Å²) in [6.07, 6.45) is 0.103. The van der Waals surface area contributed by atoms with E-state index in [2.05, 4.69) is 5.32 Å². The fourth-order valence-corrected chi connectivity index (χ4v) is 4.39. The predicted molar refractivity (Wildman–Crippen MR) is 133 cm³/mol. The summed E-state index contributed by atoms with van der Waals surface area (Å²) in [5, 5.41) is 2.98. The number of hydrogen-bond donors (Lipinski definition) is 1. The third kappa shape index (κ3) is 5.24. The zero-order valence-corrected chi connectivity index (χ0v) is 20.2. The molecule has 1 aliphatic heterocycles. The molecular weight excluding hydrogens is 444 g/mol. The van der Waals surface area contributed by atoms with Crippen LogP contribution in [0, 0.1) is 0 Å². The molecule has 0 unspecified atom stereocenters. The van der Waals surface area contributed by atoms with Crippen LogP contribution in [0.4, 0.5) is 0 Å². The van der Waals surface area contributed by atoms with Crippen LogP contribution in [0.5, 0.6) is 17.2 Å². The van der Waals surface area contributed by atoms with Gasteiger partial charge in [-0.25, -0.2) is 0 Å². The SMILES string of the molecule is CCOc1ccc([C@H](CC(=O)NCc2ccccc2OC)N2Cc3ccccc3C2=O)cc1OC. The average Bonchev–Trinajstić information content (AvgIpc) is 3.22. The summed E-state index contributed by atoms with van der Waals surface area (Å²) in [4.78, 5) is 28.2. The standard InChI is InChI=1S/C28H30N2O5/c1-4-35-25-14-13-19(15-26(25)34-3)23(30-18-21-10-5-7-11-22(21)28(30)32)16-27(31)29-17-20-9-6-8-12-24(20)33-2/h5-15,23H,4,16-18H2,1-3H3,(H,29,31)/t23-/m0/s1. The number of rotatable bonds is 10. The zero-order chi connectivity index (χ0) is 24.8. The first kappa shape index (κ1) is 24.1. The Balaban J connectivity index is 1.60. The van der Waals surface area contributed by atoms with E-state index in [0.29, 0.717) is 42.5 Å². The van der Waals surface area contributed by atoms with E-state index in [-0.39, 0.29) is 18.2 Å². The van der Waals surface area contributed by atoms with Crippen LogP contribution in [-0.2, 0) is 17.9 Å². The fraction of sp³-hybridized carbons (Fsp3) is 0.286. The number of hydrogen-bond acceptors (Lipinski definition) is 5. The number of nitrogens with one attached hydrogen (secondary N) is 1. The number of methoxy groups -OCH3 is 2. The van der Waals surface area contributed by atoms with Gasteiger partial charge in [0, 0.05) is 24.2 Å². The second-order valence-corrected chi connectivity index (χ2v) is 8.24. The van der Waals surface area contributed by atoms with Crippen LogP contribution >= 0.6 is 0 Å². The van der Waals surface area contributed by atoms with E-state index in [4.69, 9.17) is 14.2 Å². The van der Waals surface area contributed by atoms with Crippen molar-refractivity contribution in [2.75, 3.05) is 20.8 Å². The number of fused-ring (bicyclic) bond motifs is 1. The number of benzene rings is 3. The minimum absolute atomic E-state index is 0.0871. The molecule has 3 aromatic carbocycles. The molecule has 7 heteroatoms. The largest absolute Gasteiger partial charge is 0.496 e. The smallest absolute Gasteiger partial charge is 0.255 e. The van der Waals surface area contributed by atoms with E-state index in [9.17, 15) is 9.59 Å². The lowest BCUT2D eigenvalue weighted by molar-refractivity contribution is -0.122. The Bertz CT molecular complexity index is 1210. The second kappa shape index (κ2) is 11.0. The minimum Gasteiger partial charge on any atom is -0.496 e. The maximum atomic E-state index is 13.3. The Kier molecular flexibility index (Phi) is 7.55. The summed E-state index contributed by atoms with van der Waals surface area (Å²) in [6, 6.07) is 20.2. The van der Waals surface area contributed by atoms with Crippen LogP contribution in [0.15, 0.2) is 66.7 Å². The van der Waals surface area contributed by atoms with Crippen molar-refractivity contribution in [3.05, 3.63) is 89.0 Å². The van der Waals surface area contributed by atoms with Crippen molar-refractivity contribution < 1.29 is 23.8 Å². The van der Waals surface area contributed by atoms with Gasteiger partial charge in [-0.1, -0.05) is 42.5 Å². The van der Waals surface area contributed by atoms with Crippen molar-refractivity contribution in [1.82, 2.24) is 10.2 Å². The van der Waals surface area contributed by atoms with Crippen LogP contribution in [0.3, 0.4) is 0 Å². The molecule has 0 saturated heterocycles. The van der Waals surface area contributed by atoms with E-state index in [0.717, 1.165) is 16.7 Å². The number of ether oxygens (including phenoxy) is 3. The highest BCUT2D eigenvalue weighted by Crippen LogP contribution is 2.37. The molecule has 2 amide bonds. The quantitative estimate of drug-likeness (QED) is 0.468. The third-order valence-corrected chi connectivity index (χ3v) is 6.15. The number of para-hydroxylation sites is 1. The van der Waals surface area contributed by atoms with E-state index >= 15 is 0 Å². The topological polar surface area (TPSA) is 77.1 Å². The van der Waals surface area contributed by atoms with Gasteiger partial charge >= 0.3 is 0 Å². The summed E-state index contributed by atoms with van der Waals surface area (Å²) in [6.45, 7) is 3.18. The third-order valence-electron chi connectivity index (χ3n) is 6.15. The van der Waals surface area contributed by atoms with Crippen LogP contribution in [0.25, 0.3) is 0 Å². The summed E-state index contributed by atoms with van der Waals surface area (Å²) in [5.74, 6) is 1.64. The van der Waals surface area contributed by atoms with Crippen molar-refractivity contribution in [1.29, 1.82) is 0 Å². The van der Waals surface area contributed by atoms with Crippen molar-refractivity contribution in [3.8, 4) is 17.2 Å². The molecule has 0 saturated carbocycles. The normalized spacial score (nSPS) is 13.2. The minimum atomic E-state index is -0.475. The lowest BCUT2D eigenvalue weighted by atomic mass is 10.0. The number of nitrogens with zero attached hydrogens (tertiary/aromatic N) is 1. The molecule has 182 valence electrons. The number of carbonyl (C=O) groups excluding carboxylic acids is 2. The zero-order valence-electron chi connectivity index (χ0n) is 20.2. The molecule has 1 N–H and O–H groups in total. The van der Waals surface area contributed by atoms with E-state index in [1.54, 1.807) is 19.1 Å². The maximum absolute atomic E-state index is 13.3. The van der Waals surface area contributed by atoms with Crippen LogP contribution in [0.2, 0.25) is 0 Å². The lowest BCUT2D eigenvalue weighted by Crippen LogP contribution is -2.34. The molecule has 7 nitrogen and oxygen atoms in total. The van der Waals surface area contributed by atoms with Crippen LogP contribution in [-0.4, -0.2) is 37.5 Å². The molecule has 1 heterocycles. The van der Waals surface area contributed by atoms with Crippen molar-refractivity contribution in [2.24, 2.45) is 0 Å². The molecule has 0 aromatic heterocycles. The number of amides is 2. The average molecular weight is 475 g/mol. The van der Waals surface area contributed by atoms with Crippen LogP contribution in [0.1, 0.15) is 46.4 Å². The predicted octanol–water partition coefficient (Wildman–Crippen LogP) is 4.51. The van der Waals surface area contributed by atoms with E-state index in [1.165, 1.54) is 0 Å². The molecule has 0 fully saturated rings. The van der Waals surface area contributed by atoms with Gasteiger partial charge in [0.25, 0.3) is 5.91 Å². The van der Waals surface area contributed by atoms with Gasteiger partial charge in [-0.3, -0.25) is 9.59 Å². The van der Waals surface area contributed by atoms with Gasteiger partial charge in [-0.05, 0) is 42.3 Å².